The molecule has 7 heteroatoms. The Labute approximate surface area is 136 Å². The molecule has 114 valence electrons. The minimum absolute atomic E-state index is 0.135. The average Bonchev–Trinajstić information content (AvgIpc) is 2.49. The van der Waals surface area contributed by atoms with Gasteiger partial charge in [0.1, 0.15) is 5.69 Å². The number of rotatable bonds is 4. The van der Waals surface area contributed by atoms with E-state index in [1.807, 2.05) is 19.1 Å². The average molecular weight is 363 g/mol. The molecule has 0 saturated carbocycles. The van der Waals surface area contributed by atoms with Gasteiger partial charge >= 0.3 is 0 Å². The molecule has 0 aliphatic rings. The Hall–Kier alpha value is -2.28. The lowest BCUT2D eigenvalue weighted by Gasteiger charge is -2.08. The Bertz CT molecular complexity index is 701. The van der Waals surface area contributed by atoms with Gasteiger partial charge in [-0.1, -0.05) is 15.9 Å². The van der Waals surface area contributed by atoms with Crippen molar-refractivity contribution in [2.45, 2.75) is 13.8 Å². The van der Waals surface area contributed by atoms with Gasteiger partial charge in [-0.3, -0.25) is 14.6 Å². The van der Waals surface area contributed by atoms with Crippen LogP contribution in [0.1, 0.15) is 21.7 Å². The number of hydrogen-bond acceptors (Lipinski definition) is 4. The van der Waals surface area contributed by atoms with E-state index in [1.54, 1.807) is 13.0 Å². The van der Waals surface area contributed by atoms with Gasteiger partial charge in [0.2, 0.25) is 5.91 Å². The second kappa shape index (κ2) is 7.13. The molecule has 6 nitrogen and oxygen atoms in total. The lowest BCUT2D eigenvalue weighted by molar-refractivity contribution is -0.115. The van der Waals surface area contributed by atoms with Gasteiger partial charge < -0.3 is 10.6 Å². The monoisotopic (exact) mass is 362 g/mol. The summed E-state index contributed by atoms with van der Waals surface area (Å²) >= 11 is 3.39. The predicted octanol–water partition coefficient (Wildman–Crippen LogP) is 2.22. The van der Waals surface area contributed by atoms with E-state index in [-0.39, 0.29) is 18.1 Å². The Morgan fingerprint density at radius 2 is 1.95 bits per heavy atom. The third-order valence-corrected chi connectivity index (χ3v) is 3.75. The van der Waals surface area contributed by atoms with E-state index in [0.29, 0.717) is 5.69 Å². The molecule has 0 unspecified atom stereocenters. The number of carbonyl (C=O) groups is 2. The highest BCUT2D eigenvalue weighted by atomic mass is 79.9. The number of nitrogens with zero attached hydrogens (tertiary/aromatic N) is 2. The zero-order valence-electron chi connectivity index (χ0n) is 12.2. The van der Waals surface area contributed by atoms with Gasteiger partial charge in [0, 0.05) is 16.4 Å². The van der Waals surface area contributed by atoms with Crippen molar-refractivity contribution in [1.82, 2.24) is 15.3 Å². The summed E-state index contributed by atoms with van der Waals surface area (Å²) < 4.78 is 0.969. The molecular formula is C15H15BrN4O2. The van der Waals surface area contributed by atoms with E-state index in [1.165, 1.54) is 12.4 Å². The first-order chi connectivity index (χ1) is 10.5. The minimum Gasteiger partial charge on any atom is -0.342 e. The van der Waals surface area contributed by atoms with Crippen molar-refractivity contribution in [3.8, 4) is 0 Å². The molecule has 22 heavy (non-hydrogen) atoms. The number of halogens is 1. The molecule has 0 radical (unpaired) electrons. The van der Waals surface area contributed by atoms with Crippen molar-refractivity contribution in [3.63, 3.8) is 0 Å². The molecule has 1 aromatic carbocycles. The maximum atomic E-state index is 11.8. The van der Waals surface area contributed by atoms with Crippen LogP contribution < -0.4 is 10.6 Å². The Balaban J connectivity index is 1.88. The molecule has 1 heterocycles. The van der Waals surface area contributed by atoms with Crippen LogP contribution in [0.2, 0.25) is 0 Å². The van der Waals surface area contributed by atoms with Gasteiger partial charge in [-0.2, -0.15) is 0 Å². The van der Waals surface area contributed by atoms with Crippen molar-refractivity contribution in [3.05, 3.63) is 52.0 Å². The molecule has 2 aromatic rings. The number of nitrogens with one attached hydrogen (secondary N) is 2. The normalized spacial score (nSPS) is 10.1. The van der Waals surface area contributed by atoms with E-state index in [0.717, 1.165) is 15.7 Å². The molecule has 0 saturated heterocycles. The summed E-state index contributed by atoms with van der Waals surface area (Å²) in [7, 11) is 0. The number of aryl methyl sites for hydroxylation is 2. The Morgan fingerprint density at radius 3 is 2.59 bits per heavy atom. The standard InChI is InChI=1S/C15H15BrN4O2/c1-9-5-11(3-4-12(9)16)20-14(21)8-19-15(22)13-7-17-10(2)6-18-13/h3-7H,8H2,1-2H3,(H,19,22)(H,20,21). The van der Waals surface area contributed by atoms with Crippen LogP contribution in [0.15, 0.2) is 35.1 Å². The van der Waals surface area contributed by atoms with Gasteiger partial charge in [0.05, 0.1) is 18.4 Å². The van der Waals surface area contributed by atoms with Crippen LogP contribution >= 0.6 is 15.9 Å². The fourth-order valence-corrected chi connectivity index (χ4v) is 1.94. The lowest BCUT2D eigenvalue weighted by atomic mass is 10.2. The summed E-state index contributed by atoms with van der Waals surface area (Å²) in [5.74, 6) is -0.746. The molecule has 2 rings (SSSR count). The van der Waals surface area contributed by atoms with E-state index >= 15 is 0 Å². The van der Waals surface area contributed by atoms with Crippen LogP contribution in [-0.2, 0) is 4.79 Å². The van der Waals surface area contributed by atoms with E-state index in [2.05, 4.69) is 36.5 Å². The van der Waals surface area contributed by atoms with Crippen molar-refractivity contribution in [2.24, 2.45) is 0 Å². The Morgan fingerprint density at radius 1 is 1.18 bits per heavy atom. The molecule has 0 bridgehead atoms. The van der Waals surface area contributed by atoms with Crippen LogP contribution in [0.3, 0.4) is 0 Å². The predicted molar refractivity (Wildman–Crippen MR) is 86.6 cm³/mol. The van der Waals surface area contributed by atoms with Crippen LogP contribution in [0.25, 0.3) is 0 Å². The molecular weight excluding hydrogens is 348 g/mol. The van der Waals surface area contributed by atoms with Crippen molar-refractivity contribution >= 4 is 33.4 Å². The SMILES string of the molecule is Cc1cnc(C(=O)NCC(=O)Nc2ccc(Br)c(C)c2)cn1. The van der Waals surface area contributed by atoms with E-state index in [4.69, 9.17) is 0 Å². The maximum Gasteiger partial charge on any atom is 0.271 e. The molecule has 0 aliphatic heterocycles. The smallest absolute Gasteiger partial charge is 0.271 e. The molecule has 0 spiro atoms. The third-order valence-electron chi connectivity index (χ3n) is 2.86. The number of amides is 2. The van der Waals surface area contributed by atoms with Crippen LogP contribution in [-0.4, -0.2) is 28.3 Å². The highest BCUT2D eigenvalue weighted by Crippen LogP contribution is 2.19. The van der Waals surface area contributed by atoms with Gasteiger partial charge in [-0.05, 0) is 37.6 Å². The summed E-state index contributed by atoms with van der Waals surface area (Å²) in [6, 6.07) is 5.48. The Kier molecular flexibility index (Phi) is 5.21. The van der Waals surface area contributed by atoms with Crippen LogP contribution in [0.5, 0.6) is 0 Å². The van der Waals surface area contributed by atoms with Crippen LogP contribution in [0, 0.1) is 13.8 Å². The summed E-state index contributed by atoms with van der Waals surface area (Å²) in [4.78, 5) is 31.6. The first-order valence-corrected chi connectivity index (χ1v) is 7.38. The minimum atomic E-state index is -0.436. The molecule has 0 aliphatic carbocycles. The van der Waals surface area contributed by atoms with E-state index in [9.17, 15) is 9.59 Å². The van der Waals surface area contributed by atoms with Gasteiger partial charge in [0.25, 0.3) is 5.91 Å². The fourth-order valence-electron chi connectivity index (χ4n) is 1.69. The molecule has 0 atom stereocenters. The second-order valence-corrected chi connectivity index (χ2v) is 5.59. The quantitative estimate of drug-likeness (QED) is 0.873. The van der Waals surface area contributed by atoms with Crippen molar-refractivity contribution < 1.29 is 9.59 Å². The summed E-state index contributed by atoms with van der Waals surface area (Å²) in [6.45, 7) is 3.57. The zero-order chi connectivity index (χ0) is 16.1. The first-order valence-electron chi connectivity index (χ1n) is 6.58. The lowest BCUT2D eigenvalue weighted by Crippen LogP contribution is -2.33. The number of benzene rings is 1. The van der Waals surface area contributed by atoms with Crippen molar-refractivity contribution in [2.75, 3.05) is 11.9 Å². The molecule has 2 amide bonds. The summed E-state index contributed by atoms with van der Waals surface area (Å²) in [5.41, 5.74) is 2.59. The summed E-state index contributed by atoms with van der Waals surface area (Å²) in [5, 5.41) is 5.22. The van der Waals surface area contributed by atoms with Gasteiger partial charge in [-0.25, -0.2) is 4.98 Å². The maximum absolute atomic E-state index is 11.8. The second-order valence-electron chi connectivity index (χ2n) is 4.74. The molecule has 2 N–H and O–H groups in total. The number of aromatic nitrogens is 2. The summed E-state index contributed by atoms with van der Waals surface area (Å²) in [6.07, 6.45) is 2.88. The van der Waals surface area contributed by atoms with E-state index < -0.39 is 5.91 Å². The highest BCUT2D eigenvalue weighted by Gasteiger charge is 2.10. The van der Waals surface area contributed by atoms with Crippen molar-refractivity contribution in [1.29, 1.82) is 0 Å². The number of carbonyl (C=O) groups excluding carboxylic acids is 2. The van der Waals surface area contributed by atoms with Gasteiger partial charge in [0.15, 0.2) is 0 Å². The van der Waals surface area contributed by atoms with Gasteiger partial charge in [-0.15, -0.1) is 0 Å². The zero-order valence-corrected chi connectivity index (χ0v) is 13.8. The van der Waals surface area contributed by atoms with Crippen LogP contribution in [0.4, 0.5) is 5.69 Å². The molecule has 1 aromatic heterocycles. The third kappa shape index (κ3) is 4.36. The highest BCUT2D eigenvalue weighted by molar-refractivity contribution is 9.10. The fraction of sp³-hybridized carbons (Fsp3) is 0.200. The molecule has 0 fully saturated rings. The first kappa shape index (κ1) is 16.1. The number of hydrogen-bond donors (Lipinski definition) is 2. The topological polar surface area (TPSA) is 84.0 Å². The number of anilines is 1. The largest absolute Gasteiger partial charge is 0.342 e.